The third kappa shape index (κ3) is 3.10. The molecule has 0 atom stereocenters. The van der Waals surface area contributed by atoms with E-state index in [9.17, 15) is 14.4 Å². The van der Waals surface area contributed by atoms with Gasteiger partial charge < -0.3 is 19.9 Å². The van der Waals surface area contributed by atoms with E-state index in [1.54, 1.807) is 18.0 Å². The standard InChI is InChI=1S/C17H19N3O4/c1-2-24-15(21)8-19-16(22)11-9-20(10-11)17(23)13-7-18-14-6-4-3-5-12(13)14/h3-7,11,18H,2,8-10H2,1H3,(H,19,22). The Kier molecular flexibility index (Phi) is 4.50. The lowest BCUT2D eigenvalue weighted by Gasteiger charge is -2.38. The summed E-state index contributed by atoms with van der Waals surface area (Å²) in [5, 5.41) is 3.41. The number of carbonyl (C=O) groups excluding carboxylic acids is 3. The number of para-hydroxylation sites is 1. The predicted molar refractivity (Wildman–Crippen MR) is 87.3 cm³/mol. The van der Waals surface area contributed by atoms with Crippen LogP contribution in [0.3, 0.4) is 0 Å². The van der Waals surface area contributed by atoms with E-state index < -0.39 is 5.97 Å². The molecule has 24 heavy (non-hydrogen) atoms. The zero-order valence-electron chi connectivity index (χ0n) is 13.4. The fraction of sp³-hybridized carbons (Fsp3) is 0.353. The van der Waals surface area contributed by atoms with E-state index in [4.69, 9.17) is 4.74 Å². The molecule has 1 aliphatic rings. The first-order valence-corrected chi connectivity index (χ1v) is 7.89. The maximum atomic E-state index is 12.5. The Morgan fingerprint density at radius 3 is 2.79 bits per heavy atom. The predicted octanol–water partition coefficient (Wildman–Crippen LogP) is 0.919. The second-order valence-electron chi connectivity index (χ2n) is 5.68. The molecule has 1 aromatic carbocycles. The topological polar surface area (TPSA) is 91.5 Å². The quantitative estimate of drug-likeness (QED) is 0.798. The maximum absolute atomic E-state index is 12.5. The molecule has 1 aromatic heterocycles. The van der Waals surface area contributed by atoms with Gasteiger partial charge in [0.15, 0.2) is 0 Å². The van der Waals surface area contributed by atoms with Crippen molar-refractivity contribution < 1.29 is 19.1 Å². The summed E-state index contributed by atoms with van der Waals surface area (Å²) in [7, 11) is 0. The van der Waals surface area contributed by atoms with E-state index in [2.05, 4.69) is 10.3 Å². The molecule has 1 aliphatic heterocycles. The van der Waals surface area contributed by atoms with Gasteiger partial charge in [-0.15, -0.1) is 0 Å². The van der Waals surface area contributed by atoms with Crippen LogP contribution in [0, 0.1) is 5.92 Å². The molecule has 7 nitrogen and oxygen atoms in total. The minimum atomic E-state index is -0.461. The maximum Gasteiger partial charge on any atom is 0.325 e. The number of ether oxygens (including phenoxy) is 1. The smallest absolute Gasteiger partial charge is 0.325 e. The van der Waals surface area contributed by atoms with Gasteiger partial charge in [0.25, 0.3) is 5.91 Å². The van der Waals surface area contributed by atoms with Gasteiger partial charge >= 0.3 is 5.97 Å². The van der Waals surface area contributed by atoms with Crippen LogP contribution in [0.15, 0.2) is 30.5 Å². The fourth-order valence-corrected chi connectivity index (χ4v) is 2.74. The highest BCUT2D eigenvalue weighted by Gasteiger charge is 2.36. The van der Waals surface area contributed by atoms with Crippen molar-refractivity contribution in [3.8, 4) is 0 Å². The number of nitrogens with zero attached hydrogens (tertiary/aromatic N) is 1. The molecular weight excluding hydrogens is 310 g/mol. The van der Waals surface area contributed by atoms with Gasteiger partial charge in [-0.05, 0) is 13.0 Å². The van der Waals surface area contributed by atoms with Gasteiger partial charge in [0, 0.05) is 30.2 Å². The molecule has 2 heterocycles. The van der Waals surface area contributed by atoms with Gasteiger partial charge in [0.2, 0.25) is 5.91 Å². The molecule has 3 rings (SSSR count). The largest absolute Gasteiger partial charge is 0.465 e. The van der Waals surface area contributed by atoms with Gasteiger partial charge in [-0.3, -0.25) is 14.4 Å². The average molecular weight is 329 g/mol. The number of likely N-dealkylation sites (tertiary alicyclic amines) is 1. The average Bonchev–Trinajstić information content (AvgIpc) is 2.95. The van der Waals surface area contributed by atoms with Crippen LogP contribution < -0.4 is 5.32 Å². The van der Waals surface area contributed by atoms with Crippen molar-refractivity contribution in [3.63, 3.8) is 0 Å². The summed E-state index contributed by atoms with van der Waals surface area (Å²) < 4.78 is 4.75. The summed E-state index contributed by atoms with van der Waals surface area (Å²) in [5.74, 6) is -1.07. The number of hydrogen-bond donors (Lipinski definition) is 2. The molecular formula is C17H19N3O4. The summed E-state index contributed by atoms with van der Waals surface area (Å²) in [5.41, 5.74) is 1.51. The number of H-pyrrole nitrogens is 1. The first-order valence-electron chi connectivity index (χ1n) is 7.89. The third-order valence-electron chi connectivity index (χ3n) is 4.07. The van der Waals surface area contributed by atoms with Crippen LogP contribution >= 0.6 is 0 Å². The Bertz CT molecular complexity index is 777. The molecule has 2 aromatic rings. The highest BCUT2D eigenvalue weighted by atomic mass is 16.5. The molecule has 126 valence electrons. The lowest BCUT2D eigenvalue weighted by Crippen LogP contribution is -2.56. The molecule has 7 heteroatoms. The van der Waals surface area contributed by atoms with Crippen molar-refractivity contribution in [3.05, 3.63) is 36.0 Å². The van der Waals surface area contributed by atoms with Gasteiger partial charge in [-0.2, -0.15) is 0 Å². The van der Waals surface area contributed by atoms with E-state index in [-0.39, 0.29) is 30.9 Å². The number of benzene rings is 1. The molecule has 0 unspecified atom stereocenters. The van der Waals surface area contributed by atoms with Crippen molar-refractivity contribution in [1.29, 1.82) is 0 Å². The second kappa shape index (κ2) is 6.74. The summed E-state index contributed by atoms with van der Waals surface area (Å²) in [6.07, 6.45) is 1.70. The van der Waals surface area contributed by atoms with E-state index in [0.717, 1.165) is 10.9 Å². The van der Waals surface area contributed by atoms with E-state index >= 15 is 0 Å². The number of esters is 1. The number of nitrogens with one attached hydrogen (secondary N) is 2. The van der Waals surface area contributed by atoms with Crippen molar-refractivity contribution in [2.45, 2.75) is 6.92 Å². The van der Waals surface area contributed by atoms with Crippen molar-refractivity contribution in [1.82, 2.24) is 15.2 Å². The van der Waals surface area contributed by atoms with Crippen LogP contribution in [-0.4, -0.2) is 53.9 Å². The van der Waals surface area contributed by atoms with Crippen LogP contribution in [-0.2, 0) is 14.3 Å². The minimum absolute atomic E-state index is 0.0955. The Morgan fingerprint density at radius 2 is 2.04 bits per heavy atom. The first kappa shape index (κ1) is 16.0. The first-order chi connectivity index (χ1) is 11.6. The number of aromatic amines is 1. The van der Waals surface area contributed by atoms with Gasteiger partial charge in [-0.25, -0.2) is 0 Å². The zero-order chi connectivity index (χ0) is 17.1. The van der Waals surface area contributed by atoms with Crippen LogP contribution in [0.4, 0.5) is 0 Å². The summed E-state index contributed by atoms with van der Waals surface area (Å²) in [4.78, 5) is 40.4. The number of aromatic nitrogens is 1. The molecule has 2 amide bonds. The van der Waals surface area contributed by atoms with Crippen molar-refractivity contribution >= 4 is 28.7 Å². The second-order valence-corrected chi connectivity index (χ2v) is 5.68. The fourth-order valence-electron chi connectivity index (χ4n) is 2.74. The third-order valence-corrected chi connectivity index (χ3v) is 4.07. The van der Waals surface area contributed by atoms with Gasteiger partial charge in [0.1, 0.15) is 6.54 Å². The van der Waals surface area contributed by atoms with Gasteiger partial charge in [-0.1, -0.05) is 18.2 Å². The molecule has 0 aliphatic carbocycles. The normalized spacial score (nSPS) is 14.3. The highest BCUT2D eigenvalue weighted by molar-refractivity contribution is 6.07. The Hall–Kier alpha value is -2.83. The summed E-state index contributed by atoms with van der Waals surface area (Å²) in [6, 6.07) is 7.59. The number of carbonyl (C=O) groups is 3. The molecule has 0 radical (unpaired) electrons. The van der Waals surface area contributed by atoms with Crippen LogP contribution in [0.1, 0.15) is 17.3 Å². The number of amides is 2. The van der Waals surface area contributed by atoms with Crippen molar-refractivity contribution in [2.24, 2.45) is 5.92 Å². The Morgan fingerprint density at radius 1 is 1.29 bits per heavy atom. The van der Waals surface area contributed by atoms with Crippen LogP contribution in [0.2, 0.25) is 0 Å². The number of rotatable bonds is 5. The minimum Gasteiger partial charge on any atom is -0.465 e. The van der Waals surface area contributed by atoms with E-state index in [0.29, 0.717) is 18.7 Å². The van der Waals surface area contributed by atoms with Crippen LogP contribution in [0.25, 0.3) is 10.9 Å². The summed E-state index contributed by atoms with van der Waals surface area (Å²) >= 11 is 0. The SMILES string of the molecule is CCOC(=O)CNC(=O)C1CN(C(=O)c2c[nH]c3ccccc23)C1. The van der Waals surface area contributed by atoms with Gasteiger partial charge in [0.05, 0.1) is 18.1 Å². The number of fused-ring (bicyclic) bond motifs is 1. The molecule has 2 N–H and O–H groups in total. The monoisotopic (exact) mass is 329 g/mol. The highest BCUT2D eigenvalue weighted by Crippen LogP contribution is 2.23. The summed E-state index contributed by atoms with van der Waals surface area (Å²) in [6.45, 7) is 2.56. The van der Waals surface area contributed by atoms with Crippen LogP contribution in [0.5, 0.6) is 0 Å². The van der Waals surface area contributed by atoms with E-state index in [1.807, 2.05) is 24.3 Å². The van der Waals surface area contributed by atoms with E-state index in [1.165, 1.54) is 0 Å². The lowest BCUT2D eigenvalue weighted by molar-refractivity contribution is -0.144. The molecule has 1 fully saturated rings. The Labute approximate surface area is 139 Å². The lowest BCUT2D eigenvalue weighted by atomic mass is 9.97. The molecule has 1 saturated heterocycles. The number of hydrogen-bond acceptors (Lipinski definition) is 4. The molecule has 0 saturated carbocycles. The zero-order valence-corrected chi connectivity index (χ0v) is 13.4. The van der Waals surface area contributed by atoms with Crippen molar-refractivity contribution in [2.75, 3.05) is 26.2 Å². The molecule has 0 spiro atoms. The molecule has 0 bridgehead atoms. The Balaban J connectivity index is 1.53.